The number of aliphatic hydroxyl groups excluding tert-OH is 1. The molecule has 0 aliphatic heterocycles. The Morgan fingerprint density at radius 1 is 0.962 bits per heavy atom. The zero-order chi connectivity index (χ0) is 37.8. The van der Waals surface area contributed by atoms with Gasteiger partial charge in [-0.2, -0.15) is 0 Å². The quantitative estimate of drug-likeness (QED) is 0.117. The maximum atomic E-state index is 14.3. The highest BCUT2D eigenvalue weighted by atomic mass is 32.1. The summed E-state index contributed by atoms with van der Waals surface area (Å²) in [7, 11) is 3.19. The third kappa shape index (κ3) is 8.38. The number of nitrogens with zero attached hydrogens (tertiary/aromatic N) is 1. The molecule has 7 rings (SSSR count). The van der Waals surface area contributed by atoms with E-state index in [2.05, 4.69) is 31.3 Å². The van der Waals surface area contributed by atoms with Crippen molar-refractivity contribution in [3.05, 3.63) is 123 Å². The molecule has 3 aliphatic rings. The average molecular weight is 737 g/mol. The van der Waals surface area contributed by atoms with Crippen molar-refractivity contribution in [3.63, 3.8) is 0 Å². The van der Waals surface area contributed by atoms with Crippen LogP contribution in [0.1, 0.15) is 95.1 Å². The molecule has 2 amide bonds. The van der Waals surface area contributed by atoms with E-state index >= 15 is 0 Å². The highest BCUT2D eigenvalue weighted by Crippen LogP contribution is 2.59. The van der Waals surface area contributed by atoms with Crippen molar-refractivity contribution in [1.82, 2.24) is 4.90 Å². The molecule has 8 nitrogen and oxygen atoms in total. The van der Waals surface area contributed by atoms with Crippen LogP contribution in [-0.2, 0) is 13.0 Å². The zero-order valence-corrected chi connectivity index (χ0v) is 32.3. The summed E-state index contributed by atoms with van der Waals surface area (Å²) in [6, 6.07) is 24.4. The van der Waals surface area contributed by atoms with Crippen LogP contribution >= 0.6 is 11.3 Å². The van der Waals surface area contributed by atoms with Crippen LogP contribution in [0.4, 0.5) is 10.5 Å². The Morgan fingerprint density at radius 2 is 1.75 bits per heavy atom. The molecule has 280 valence electrons. The summed E-state index contributed by atoms with van der Waals surface area (Å²) in [6.45, 7) is 6.49. The highest BCUT2D eigenvalue weighted by Gasteiger charge is 2.57. The molecule has 0 spiro atoms. The molecule has 1 saturated carbocycles. The Balaban J connectivity index is 1.43. The lowest BCUT2D eigenvalue weighted by molar-refractivity contribution is -0.0773. The number of hydrogen-bond acceptors (Lipinski definition) is 7. The number of aliphatic hydroxyl groups is 2. The van der Waals surface area contributed by atoms with Crippen molar-refractivity contribution in [2.75, 3.05) is 26.1 Å². The summed E-state index contributed by atoms with van der Waals surface area (Å²) in [4.78, 5) is 32.0. The largest absolute Gasteiger partial charge is 0.497 e. The molecule has 53 heavy (non-hydrogen) atoms. The number of fused-ring (bicyclic) bond motifs is 8. The Bertz CT molecular complexity index is 1960. The van der Waals surface area contributed by atoms with Gasteiger partial charge in [0.2, 0.25) is 5.78 Å². The van der Waals surface area contributed by atoms with E-state index in [1.807, 2.05) is 73.7 Å². The topological polar surface area (TPSA) is 108 Å². The number of carbonyl (C=O) groups excluding carboxylic acids is 2. The van der Waals surface area contributed by atoms with Crippen LogP contribution < -0.4 is 14.8 Å². The van der Waals surface area contributed by atoms with Gasteiger partial charge in [-0.1, -0.05) is 48.9 Å². The summed E-state index contributed by atoms with van der Waals surface area (Å²) >= 11 is 1.48. The number of ketones is 1. The molecular formula is C44H52N2O6S. The monoisotopic (exact) mass is 736 g/mol. The van der Waals surface area contributed by atoms with Crippen molar-refractivity contribution >= 4 is 28.8 Å². The lowest BCUT2D eigenvalue weighted by atomic mass is 9.64. The van der Waals surface area contributed by atoms with E-state index in [1.54, 1.807) is 25.2 Å². The maximum Gasteiger partial charge on any atom is 0.322 e. The summed E-state index contributed by atoms with van der Waals surface area (Å²) in [5.74, 6) is 1.02. The van der Waals surface area contributed by atoms with Crippen LogP contribution in [0.2, 0.25) is 0 Å². The number of para-hydroxylation sites is 1. The fourth-order valence-corrected chi connectivity index (χ4v) is 9.14. The molecule has 1 heterocycles. The van der Waals surface area contributed by atoms with Gasteiger partial charge in [-0.3, -0.25) is 4.79 Å². The normalized spacial score (nSPS) is 23.0. The first-order valence-electron chi connectivity index (χ1n) is 18.5. The molecule has 0 radical (unpaired) electrons. The molecule has 3 aromatic carbocycles. The molecule has 9 heteroatoms. The number of carbonyl (C=O) groups is 2. The Labute approximate surface area is 317 Å². The first kappa shape index (κ1) is 38.3. The summed E-state index contributed by atoms with van der Waals surface area (Å²) in [5, 5.41) is 27.1. The Kier molecular flexibility index (Phi) is 11.8. The van der Waals surface area contributed by atoms with Gasteiger partial charge in [-0.05, 0) is 118 Å². The van der Waals surface area contributed by atoms with Gasteiger partial charge in [0.05, 0.1) is 43.9 Å². The van der Waals surface area contributed by atoms with Crippen molar-refractivity contribution in [2.45, 2.75) is 89.9 Å². The van der Waals surface area contributed by atoms with E-state index in [9.17, 15) is 19.8 Å². The highest BCUT2D eigenvalue weighted by molar-refractivity contribution is 7.14. The van der Waals surface area contributed by atoms with Crippen LogP contribution in [0.5, 0.6) is 11.5 Å². The number of ether oxygens (including phenoxy) is 2. The SMILES string of the molecule is COc1ccc(CN(C[C@]2(O)CC[C@H]3c4ccc(cc4C(=O)c4ccc(C)s4)C[C@@H](O)CCC(C)=CCC[C@@]32C)C(=O)Nc2ccccc2)c(OC)c1. The molecule has 3 N–H and O–H groups in total. The van der Waals surface area contributed by atoms with E-state index in [1.165, 1.54) is 16.9 Å². The predicted molar refractivity (Wildman–Crippen MR) is 211 cm³/mol. The molecule has 0 saturated heterocycles. The van der Waals surface area contributed by atoms with Gasteiger partial charge in [-0.25, -0.2) is 4.79 Å². The number of thiophene rings is 1. The molecule has 2 bridgehead atoms. The molecule has 4 atom stereocenters. The van der Waals surface area contributed by atoms with E-state index < -0.39 is 17.1 Å². The first-order valence-corrected chi connectivity index (χ1v) is 19.4. The smallest absolute Gasteiger partial charge is 0.322 e. The van der Waals surface area contributed by atoms with Crippen molar-refractivity contribution < 1.29 is 29.3 Å². The van der Waals surface area contributed by atoms with E-state index in [-0.39, 0.29) is 30.8 Å². The number of methoxy groups -OCH3 is 2. The number of hydrogen-bond donors (Lipinski definition) is 3. The third-order valence-electron chi connectivity index (χ3n) is 11.5. The lowest BCUT2D eigenvalue weighted by Gasteiger charge is -2.46. The second-order valence-corrected chi connectivity index (χ2v) is 16.3. The van der Waals surface area contributed by atoms with E-state index in [4.69, 9.17) is 9.47 Å². The summed E-state index contributed by atoms with van der Waals surface area (Å²) in [5.41, 5.74) is 3.07. The molecule has 0 unspecified atom stereocenters. The minimum absolute atomic E-state index is 0.0365. The maximum absolute atomic E-state index is 14.3. The Morgan fingerprint density at radius 3 is 2.47 bits per heavy atom. The summed E-state index contributed by atoms with van der Waals surface area (Å²) in [6.07, 6.45) is 6.00. The van der Waals surface area contributed by atoms with E-state index in [0.29, 0.717) is 66.2 Å². The number of allylic oxidation sites excluding steroid dienone is 2. The van der Waals surface area contributed by atoms with E-state index in [0.717, 1.165) is 28.0 Å². The predicted octanol–water partition coefficient (Wildman–Crippen LogP) is 9.08. The number of nitrogens with one attached hydrogen (secondary N) is 1. The third-order valence-corrected chi connectivity index (χ3v) is 12.5. The van der Waals surface area contributed by atoms with Gasteiger partial charge in [0.15, 0.2) is 0 Å². The second kappa shape index (κ2) is 16.3. The van der Waals surface area contributed by atoms with Gasteiger partial charge in [0.1, 0.15) is 11.5 Å². The van der Waals surface area contributed by atoms with Crippen molar-refractivity contribution in [3.8, 4) is 11.5 Å². The molecule has 4 aromatic rings. The second-order valence-electron chi connectivity index (χ2n) is 15.0. The number of benzene rings is 3. The molecule has 1 fully saturated rings. The van der Waals surface area contributed by atoms with Crippen molar-refractivity contribution in [2.24, 2.45) is 5.41 Å². The molecular weight excluding hydrogens is 685 g/mol. The van der Waals surface area contributed by atoms with Gasteiger partial charge in [0, 0.05) is 33.2 Å². The van der Waals surface area contributed by atoms with Crippen molar-refractivity contribution in [1.29, 1.82) is 0 Å². The number of rotatable bonds is 9. The number of anilines is 1. The fraction of sp³-hybridized carbons (Fsp3) is 0.409. The lowest BCUT2D eigenvalue weighted by Crippen LogP contribution is -2.54. The Hall–Kier alpha value is -4.44. The van der Waals surface area contributed by atoms with Gasteiger partial charge < -0.3 is 29.9 Å². The van der Waals surface area contributed by atoms with Gasteiger partial charge in [-0.15, -0.1) is 11.3 Å². The molecule has 1 aromatic heterocycles. The van der Waals surface area contributed by atoms with Crippen LogP contribution in [0.25, 0.3) is 0 Å². The summed E-state index contributed by atoms with van der Waals surface area (Å²) < 4.78 is 11.2. The van der Waals surface area contributed by atoms with Crippen LogP contribution in [-0.4, -0.2) is 59.4 Å². The standard InChI is InChI=1S/C44H52N2O6S/c1-29-10-9-22-43(3)38(36-19-15-31(24-34(47)17-13-29)25-37(36)41(48)40-20-14-30(2)53-40)21-23-44(43,50)28-46(42(49)45-33-11-7-6-8-12-33)27-32-16-18-35(51-4)26-39(32)52-5/h6-8,10-12,14-16,18-20,25-26,34,38,47,50H,9,13,17,21-24,27-28H2,1-5H3,(H,45,49)/t34-,38-,43-,44+/m0/s1. The molecule has 3 aliphatic carbocycles. The van der Waals surface area contributed by atoms with Crippen LogP contribution in [0.3, 0.4) is 0 Å². The average Bonchev–Trinajstić information content (AvgIpc) is 3.70. The van der Waals surface area contributed by atoms with Gasteiger partial charge >= 0.3 is 6.03 Å². The van der Waals surface area contributed by atoms with Crippen LogP contribution in [0.15, 0.2) is 90.5 Å². The van der Waals surface area contributed by atoms with Gasteiger partial charge in [0.25, 0.3) is 0 Å². The number of amides is 2. The van der Waals surface area contributed by atoms with Crippen LogP contribution in [0, 0.1) is 12.3 Å². The zero-order valence-electron chi connectivity index (χ0n) is 31.5. The number of urea groups is 1. The minimum atomic E-state index is -1.31. The first-order chi connectivity index (χ1) is 25.4. The fourth-order valence-electron chi connectivity index (χ4n) is 8.31. The number of aryl methyl sites for hydroxylation is 1. The minimum Gasteiger partial charge on any atom is -0.497 e.